The average molecular weight is 575 g/mol. The van der Waals surface area contributed by atoms with E-state index in [2.05, 4.69) is 0 Å². The first-order chi connectivity index (χ1) is 21.0. The third kappa shape index (κ3) is 4.80. The minimum absolute atomic E-state index is 0.145. The first kappa shape index (κ1) is 27.8. The van der Waals surface area contributed by atoms with E-state index >= 15 is 0 Å². The van der Waals surface area contributed by atoms with Crippen molar-refractivity contribution in [3.63, 3.8) is 0 Å². The van der Waals surface area contributed by atoms with E-state index in [0.717, 1.165) is 16.2 Å². The van der Waals surface area contributed by atoms with Crippen LogP contribution in [0, 0.1) is 0 Å². The third-order valence-corrected chi connectivity index (χ3v) is 7.83. The van der Waals surface area contributed by atoms with E-state index in [4.69, 9.17) is 14.2 Å². The Morgan fingerprint density at radius 3 is 1.93 bits per heavy atom. The van der Waals surface area contributed by atoms with Crippen LogP contribution in [0.3, 0.4) is 0 Å². The van der Waals surface area contributed by atoms with E-state index in [9.17, 15) is 14.4 Å². The second kappa shape index (κ2) is 11.5. The van der Waals surface area contributed by atoms with Gasteiger partial charge < -0.3 is 19.1 Å². The Hall–Kier alpha value is -5.37. The molecule has 43 heavy (non-hydrogen) atoms. The van der Waals surface area contributed by atoms with Crippen LogP contribution in [0.25, 0.3) is 21.5 Å². The number of hydrogen-bond donors (Lipinski definition) is 0. The van der Waals surface area contributed by atoms with Gasteiger partial charge in [-0.3, -0.25) is 19.3 Å². The zero-order valence-electron chi connectivity index (χ0n) is 24.1. The van der Waals surface area contributed by atoms with Crippen LogP contribution in [0.4, 0.5) is 5.69 Å². The first-order valence-corrected chi connectivity index (χ1v) is 13.9. The van der Waals surface area contributed by atoms with Gasteiger partial charge in [0.05, 0.1) is 27.0 Å². The van der Waals surface area contributed by atoms with Crippen LogP contribution in [-0.4, -0.2) is 57.0 Å². The molecule has 0 aromatic heterocycles. The van der Waals surface area contributed by atoms with Gasteiger partial charge in [-0.15, -0.1) is 0 Å². The van der Waals surface area contributed by atoms with Crippen molar-refractivity contribution in [3.05, 3.63) is 108 Å². The fourth-order valence-corrected chi connectivity index (χ4v) is 5.81. The summed E-state index contributed by atoms with van der Waals surface area (Å²) in [5, 5.41) is 3.42. The zero-order valence-corrected chi connectivity index (χ0v) is 24.1. The van der Waals surface area contributed by atoms with Gasteiger partial charge in [0, 0.05) is 40.6 Å². The predicted octanol–water partition coefficient (Wildman–Crippen LogP) is 6.35. The van der Waals surface area contributed by atoms with Gasteiger partial charge >= 0.3 is 0 Å². The normalized spacial score (nSPS) is 12.5. The van der Waals surface area contributed by atoms with Crippen LogP contribution in [0.1, 0.15) is 37.5 Å². The molecule has 6 rings (SSSR count). The second-order valence-corrected chi connectivity index (χ2v) is 10.2. The fraction of sp³-hybridized carbons (Fsp3) is 0.171. The zero-order chi connectivity index (χ0) is 30.1. The summed E-state index contributed by atoms with van der Waals surface area (Å²) in [6, 6.07) is 27.8. The van der Waals surface area contributed by atoms with Gasteiger partial charge in [-0.1, -0.05) is 60.7 Å². The van der Waals surface area contributed by atoms with E-state index in [-0.39, 0.29) is 30.8 Å². The van der Waals surface area contributed by atoms with Crippen molar-refractivity contribution in [2.75, 3.05) is 39.3 Å². The van der Waals surface area contributed by atoms with E-state index in [1.807, 2.05) is 66.7 Å². The molecule has 0 N–H and O–H groups in total. The summed E-state index contributed by atoms with van der Waals surface area (Å²) in [6.45, 7) is 0.387. The maximum atomic E-state index is 14.3. The molecule has 0 fully saturated rings. The van der Waals surface area contributed by atoms with E-state index in [1.165, 1.54) is 26.2 Å². The van der Waals surface area contributed by atoms with Crippen LogP contribution < -0.4 is 19.1 Å². The number of carbonyl (C=O) groups excluding carboxylic acids is 3. The number of anilines is 1. The predicted molar refractivity (Wildman–Crippen MR) is 166 cm³/mol. The van der Waals surface area contributed by atoms with Crippen molar-refractivity contribution in [1.82, 2.24) is 4.90 Å². The Balaban J connectivity index is 1.34. The summed E-state index contributed by atoms with van der Waals surface area (Å²) >= 11 is 0. The molecule has 0 bridgehead atoms. The SMILES string of the molecule is COc1cc(C(=O)N(CCCN2C(=O)c3cccc4cccc(c34)C2=O)c2cccc3ccccc23)cc(OC)c1OC. The van der Waals surface area contributed by atoms with E-state index in [0.29, 0.717) is 51.4 Å². The lowest BCUT2D eigenvalue weighted by atomic mass is 9.94. The highest BCUT2D eigenvalue weighted by atomic mass is 16.5. The van der Waals surface area contributed by atoms with Crippen molar-refractivity contribution >= 4 is 45.0 Å². The van der Waals surface area contributed by atoms with Gasteiger partial charge in [0.15, 0.2) is 11.5 Å². The van der Waals surface area contributed by atoms with Gasteiger partial charge in [0.2, 0.25) is 5.75 Å². The molecule has 3 amide bonds. The number of ether oxygens (including phenoxy) is 3. The molecule has 5 aromatic carbocycles. The largest absolute Gasteiger partial charge is 0.493 e. The quantitative estimate of drug-likeness (QED) is 0.191. The Morgan fingerprint density at radius 2 is 1.30 bits per heavy atom. The van der Waals surface area contributed by atoms with Crippen LogP contribution >= 0.6 is 0 Å². The lowest BCUT2D eigenvalue weighted by Gasteiger charge is -2.29. The third-order valence-electron chi connectivity index (χ3n) is 7.83. The molecular weight excluding hydrogens is 544 g/mol. The number of benzene rings is 5. The molecule has 0 saturated carbocycles. The lowest BCUT2D eigenvalue weighted by molar-refractivity contribution is 0.0610. The number of methoxy groups -OCH3 is 3. The van der Waals surface area contributed by atoms with Gasteiger partial charge in [0.1, 0.15) is 0 Å². The molecule has 0 atom stereocenters. The van der Waals surface area contributed by atoms with Crippen LogP contribution in [0.5, 0.6) is 17.2 Å². The topological polar surface area (TPSA) is 85.4 Å². The maximum absolute atomic E-state index is 14.3. The lowest BCUT2D eigenvalue weighted by Crippen LogP contribution is -2.42. The number of rotatable bonds is 9. The summed E-state index contributed by atoms with van der Waals surface area (Å²) in [6.07, 6.45) is 0.356. The van der Waals surface area contributed by atoms with Crippen LogP contribution in [-0.2, 0) is 0 Å². The molecular formula is C35H30N2O6. The van der Waals surface area contributed by atoms with Crippen LogP contribution in [0.15, 0.2) is 91.0 Å². The number of fused-ring (bicyclic) bond motifs is 1. The molecule has 1 aliphatic rings. The minimum Gasteiger partial charge on any atom is -0.493 e. The number of carbonyl (C=O) groups is 3. The second-order valence-electron chi connectivity index (χ2n) is 10.2. The van der Waals surface area contributed by atoms with Crippen molar-refractivity contribution in [2.24, 2.45) is 0 Å². The molecule has 1 heterocycles. The molecule has 0 aliphatic carbocycles. The molecule has 0 saturated heterocycles. The number of imide groups is 1. The molecule has 1 aliphatic heterocycles. The first-order valence-electron chi connectivity index (χ1n) is 13.9. The van der Waals surface area contributed by atoms with E-state index in [1.54, 1.807) is 29.2 Å². The Kier molecular flexibility index (Phi) is 7.42. The summed E-state index contributed by atoms with van der Waals surface area (Å²) in [5.41, 5.74) is 2.07. The average Bonchev–Trinajstić information content (AvgIpc) is 3.05. The van der Waals surface area contributed by atoms with Crippen molar-refractivity contribution < 1.29 is 28.6 Å². The van der Waals surface area contributed by atoms with Gasteiger partial charge in [-0.2, -0.15) is 0 Å². The monoisotopic (exact) mass is 574 g/mol. The smallest absolute Gasteiger partial charge is 0.261 e. The molecule has 0 spiro atoms. The summed E-state index contributed by atoms with van der Waals surface area (Å²) in [7, 11) is 4.50. The Labute approximate surface area is 249 Å². The molecule has 0 radical (unpaired) electrons. The minimum atomic E-state index is -0.332. The van der Waals surface area contributed by atoms with Gasteiger partial charge in [-0.25, -0.2) is 0 Å². The maximum Gasteiger partial charge on any atom is 0.261 e. The highest BCUT2D eigenvalue weighted by Gasteiger charge is 2.33. The summed E-state index contributed by atoms with van der Waals surface area (Å²) in [4.78, 5) is 44.2. The molecule has 0 unspecified atom stereocenters. The van der Waals surface area contributed by atoms with Gasteiger partial charge in [-0.05, 0) is 47.5 Å². The summed E-state index contributed by atoms with van der Waals surface area (Å²) < 4.78 is 16.5. The summed E-state index contributed by atoms with van der Waals surface area (Å²) in [5.74, 6) is 0.155. The molecule has 8 nitrogen and oxygen atoms in total. The van der Waals surface area contributed by atoms with Crippen molar-refractivity contribution in [3.8, 4) is 17.2 Å². The molecule has 216 valence electrons. The van der Waals surface area contributed by atoms with Crippen molar-refractivity contribution in [2.45, 2.75) is 6.42 Å². The Bertz CT molecular complexity index is 1820. The number of hydrogen-bond acceptors (Lipinski definition) is 6. The van der Waals surface area contributed by atoms with E-state index < -0.39 is 0 Å². The van der Waals surface area contributed by atoms with Crippen molar-refractivity contribution in [1.29, 1.82) is 0 Å². The van der Waals surface area contributed by atoms with Crippen LogP contribution in [0.2, 0.25) is 0 Å². The Morgan fingerprint density at radius 1 is 0.721 bits per heavy atom. The highest BCUT2D eigenvalue weighted by molar-refractivity contribution is 6.25. The molecule has 8 heteroatoms. The van der Waals surface area contributed by atoms with Gasteiger partial charge in [0.25, 0.3) is 17.7 Å². The number of amides is 3. The fourth-order valence-electron chi connectivity index (χ4n) is 5.81. The number of nitrogens with zero attached hydrogens (tertiary/aromatic N) is 2. The molecule has 5 aromatic rings. The highest BCUT2D eigenvalue weighted by Crippen LogP contribution is 2.39. The standard InChI is InChI=1S/C35H30N2O6/c1-41-29-20-24(21-30(42-2)32(29)43-3)33(38)36(28-17-8-11-22-10-4-5-14-25(22)28)18-9-19-37-34(39)26-15-6-12-23-13-7-16-27(31(23)26)35(37)40/h4-8,10-17,20-21H,9,18-19H2,1-3H3.